The number of hydrogen-bond acceptors (Lipinski definition) is 0. The first-order chi connectivity index (χ1) is 11.5. The van der Waals surface area contributed by atoms with Crippen LogP contribution in [-0.2, 0) is 0 Å². The van der Waals surface area contributed by atoms with Gasteiger partial charge in [-0.3, -0.25) is 0 Å². The van der Waals surface area contributed by atoms with Crippen molar-refractivity contribution in [3.63, 3.8) is 0 Å². The molecule has 4 rings (SSSR count). The summed E-state index contributed by atoms with van der Waals surface area (Å²) in [5.41, 5.74) is 5.38. The average molecular weight is 312 g/mol. The van der Waals surface area contributed by atoms with Crippen LogP contribution >= 0.6 is 0 Å². The highest BCUT2D eigenvalue weighted by molar-refractivity contribution is 5.88. The predicted octanol–water partition coefficient (Wildman–Crippen LogP) is 6.91. The van der Waals surface area contributed by atoms with Crippen molar-refractivity contribution < 1.29 is 0 Å². The van der Waals surface area contributed by atoms with Gasteiger partial charge in [0.25, 0.3) is 0 Å². The highest BCUT2D eigenvalue weighted by Gasteiger charge is 1.97. The van der Waals surface area contributed by atoms with E-state index >= 15 is 0 Å². The first-order valence-corrected chi connectivity index (χ1v) is 8.46. The zero-order valence-corrected chi connectivity index (χ0v) is 14.9. The molecule has 0 radical (unpaired) electrons. The van der Waals surface area contributed by atoms with Crippen LogP contribution in [0.2, 0.25) is 0 Å². The topological polar surface area (TPSA) is 0 Å². The number of benzene rings is 4. The van der Waals surface area contributed by atoms with Crippen molar-refractivity contribution in [3.05, 3.63) is 95.1 Å². The fourth-order valence-electron chi connectivity index (χ4n) is 3.23. The van der Waals surface area contributed by atoms with Crippen molar-refractivity contribution in [1.29, 1.82) is 0 Å². The van der Waals surface area contributed by atoms with E-state index in [1.54, 1.807) is 0 Å². The molecule has 0 nitrogen and oxygen atoms in total. The molecule has 0 aliphatic rings. The Kier molecular flexibility index (Phi) is 4.66. The normalized spacial score (nSPS) is 10.5. The Balaban J connectivity index is 0.000000141. The van der Waals surface area contributed by atoms with Crippen molar-refractivity contribution in [2.75, 3.05) is 0 Å². The van der Waals surface area contributed by atoms with Crippen LogP contribution in [0.4, 0.5) is 0 Å². The first kappa shape index (κ1) is 16.3. The van der Waals surface area contributed by atoms with Gasteiger partial charge < -0.3 is 0 Å². The van der Waals surface area contributed by atoms with Gasteiger partial charge in [-0.15, -0.1) is 0 Å². The Morgan fingerprint density at radius 1 is 0.458 bits per heavy atom. The van der Waals surface area contributed by atoms with Crippen molar-refractivity contribution in [2.45, 2.75) is 27.7 Å². The minimum Gasteiger partial charge on any atom is -0.0614 e. The van der Waals surface area contributed by atoms with Gasteiger partial charge in [-0.25, -0.2) is 0 Å². The summed E-state index contributed by atoms with van der Waals surface area (Å²) in [4.78, 5) is 0. The third kappa shape index (κ3) is 3.49. The lowest BCUT2D eigenvalue weighted by molar-refractivity contribution is 1.46. The second-order valence-electron chi connectivity index (χ2n) is 6.60. The molecule has 4 aromatic rings. The minimum absolute atomic E-state index is 1.33. The molecule has 0 aromatic heterocycles. The molecule has 0 amide bonds. The van der Waals surface area contributed by atoms with Crippen molar-refractivity contribution in [3.8, 4) is 0 Å². The van der Waals surface area contributed by atoms with Crippen LogP contribution in [0.1, 0.15) is 22.3 Å². The Bertz CT molecular complexity index is 915. The van der Waals surface area contributed by atoms with Crippen molar-refractivity contribution >= 4 is 21.5 Å². The molecule has 120 valence electrons. The molecule has 0 aliphatic heterocycles. The van der Waals surface area contributed by atoms with Crippen molar-refractivity contribution in [2.24, 2.45) is 0 Å². The molecule has 0 aliphatic carbocycles. The standard InChI is InChI=1S/2C12H12/c1-9-3-5-12-8-10(2)4-6-11(12)7-9;1-9-5-3-7-11-8-4-6-10(2)12(9)11/h2*3-8H,1-2H3. The monoisotopic (exact) mass is 312 g/mol. The van der Waals surface area contributed by atoms with E-state index < -0.39 is 0 Å². The summed E-state index contributed by atoms with van der Waals surface area (Å²) in [6.07, 6.45) is 0. The van der Waals surface area contributed by atoms with Crippen LogP contribution in [0.15, 0.2) is 72.8 Å². The number of aryl methyl sites for hydroxylation is 4. The van der Waals surface area contributed by atoms with E-state index in [9.17, 15) is 0 Å². The number of fused-ring (bicyclic) bond motifs is 2. The van der Waals surface area contributed by atoms with Gasteiger partial charge in [-0.05, 0) is 60.4 Å². The second kappa shape index (κ2) is 6.88. The quantitative estimate of drug-likeness (QED) is 0.331. The maximum atomic E-state index is 2.22. The molecule has 0 unspecified atom stereocenters. The van der Waals surface area contributed by atoms with Crippen LogP contribution in [0, 0.1) is 27.7 Å². The fraction of sp³-hybridized carbons (Fsp3) is 0.167. The van der Waals surface area contributed by atoms with E-state index in [4.69, 9.17) is 0 Å². The molecule has 0 heteroatoms. The van der Waals surface area contributed by atoms with Crippen LogP contribution in [0.5, 0.6) is 0 Å². The first-order valence-electron chi connectivity index (χ1n) is 8.46. The third-order valence-electron chi connectivity index (χ3n) is 4.47. The smallest absolute Gasteiger partial charge is 0.0125 e. The number of hydrogen-bond donors (Lipinski definition) is 0. The zero-order valence-electron chi connectivity index (χ0n) is 14.9. The van der Waals surface area contributed by atoms with Gasteiger partial charge in [0, 0.05) is 0 Å². The average Bonchev–Trinajstić information content (AvgIpc) is 2.56. The van der Waals surface area contributed by atoms with Gasteiger partial charge in [0.05, 0.1) is 0 Å². The Labute approximate surface area is 144 Å². The molecule has 0 N–H and O–H groups in total. The summed E-state index contributed by atoms with van der Waals surface area (Å²) in [5.74, 6) is 0. The Morgan fingerprint density at radius 2 is 0.917 bits per heavy atom. The van der Waals surface area contributed by atoms with E-state index in [0.717, 1.165) is 0 Å². The summed E-state index contributed by atoms with van der Waals surface area (Å²) < 4.78 is 0. The molecule has 0 fully saturated rings. The van der Waals surface area contributed by atoms with E-state index in [-0.39, 0.29) is 0 Å². The maximum absolute atomic E-state index is 2.22. The molecule has 0 saturated heterocycles. The lowest BCUT2D eigenvalue weighted by atomic mass is 10.0. The zero-order chi connectivity index (χ0) is 17.1. The molecular weight excluding hydrogens is 288 g/mol. The molecule has 0 atom stereocenters. The van der Waals surface area contributed by atoms with E-state index in [1.807, 2.05) is 0 Å². The van der Waals surface area contributed by atoms with Gasteiger partial charge in [0.1, 0.15) is 0 Å². The van der Waals surface area contributed by atoms with Gasteiger partial charge in [0.2, 0.25) is 0 Å². The molecule has 0 bridgehead atoms. The van der Waals surface area contributed by atoms with Crippen LogP contribution < -0.4 is 0 Å². The SMILES string of the molecule is Cc1ccc2cc(C)ccc2c1.Cc1cccc2cccc(C)c12. The van der Waals surface area contributed by atoms with Crippen LogP contribution in [-0.4, -0.2) is 0 Å². The number of rotatable bonds is 0. The lowest BCUT2D eigenvalue weighted by Crippen LogP contribution is -1.81. The third-order valence-corrected chi connectivity index (χ3v) is 4.47. The Hall–Kier alpha value is -2.60. The molecule has 4 aromatic carbocycles. The van der Waals surface area contributed by atoms with Gasteiger partial charge in [-0.2, -0.15) is 0 Å². The predicted molar refractivity (Wildman–Crippen MR) is 107 cm³/mol. The van der Waals surface area contributed by atoms with Gasteiger partial charge in [-0.1, -0.05) is 83.9 Å². The lowest BCUT2D eigenvalue weighted by Gasteiger charge is -2.04. The van der Waals surface area contributed by atoms with E-state index in [1.165, 1.54) is 43.8 Å². The summed E-state index contributed by atoms with van der Waals surface area (Å²) in [5, 5.41) is 5.41. The highest BCUT2D eigenvalue weighted by Crippen LogP contribution is 2.21. The summed E-state index contributed by atoms with van der Waals surface area (Å²) in [6, 6.07) is 26.0. The largest absolute Gasteiger partial charge is 0.0614 e. The molecule has 0 saturated carbocycles. The summed E-state index contributed by atoms with van der Waals surface area (Å²) in [7, 11) is 0. The van der Waals surface area contributed by atoms with E-state index in [2.05, 4.69) is 100 Å². The highest BCUT2D eigenvalue weighted by atomic mass is 14.0. The van der Waals surface area contributed by atoms with Gasteiger partial charge >= 0.3 is 0 Å². The van der Waals surface area contributed by atoms with Crippen LogP contribution in [0.25, 0.3) is 21.5 Å². The second-order valence-corrected chi connectivity index (χ2v) is 6.60. The minimum atomic E-state index is 1.33. The fourth-order valence-corrected chi connectivity index (χ4v) is 3.23. The van der Waals surface area contributed by atoms with Crippen LogP contribution in [0.3, 0.4) is 0 Å². The summed E-state index contributed by atoms with van der Waals surface area (Å²) >= 11 is 0. The Morgan fingerprint density at radius 3 is 1.33 bits per heavy atom. The molecular formula is C24H24. The summed E-state index contributed by atoms with van der Waals surface area (Å²) in [6.45, 7) is 8.57. The van der Waals surface area contributed by atoms with E-state index in [0.29, 0.717) is 0 Å². The van der Waals surface area contributed by atoms with Gasteiger partial charge in [0.15, 0.2) is 0 Å². The van der Waals surface area contributed by atoms with Crippen molar-refractivity contribution in [1.82, 2.24) is 0 Å². The molecule has 0 spiro atoms. The maximum Gasteiger partial charge on any atom is -0.0125 e. The molecule has 0 heterocycles. The molecule has 24 heavy (non-hydrogen) atoms.